The number of nitrogens with zero attached hydrogens (tertiary/aromatic N) is 1. The predicted octanol–water partition coefficient (Wildman–Crippen LogP) is 1.26. The summed E-state index contributed by atoms with van der Waals surface area (Å²) in [5, 5.41) is 25.3. The Morgan fingerprint density at radius 2 is 1.76 bits per heavy atom. The van der Waals surface area contributed by atoms with Crippen LogP contribution >= 0.6 is 0 Å². The summed E-state index contributed by atoms with van der Waals surface area (Å²) in [5.41, 5.74) is -2.00. The monoisotopic (exact) mass is 479 g/mol. The number of aliphatic hydroxyl groups excluding tert-OH is 1. The van der Waals surface area contributed by atoms with E-state index >= 15 is 0 Å². The van der Waals surface area contributed by atoms with Gasteiger partial charge in [-0.3, -0.25) is 9.59 Å². The molecule has 0 radical (unpaired) electrons. The Labute approximate surface area is 199 Å². The number of ether oxygens (including phenoxy) is 1. The van der Waals surface area contributed by atoms with Gasteiger partial charge in [0.25, 0.3) is 0 Å². The van der Waals surface area contributed by atoms with Crippen molar-refractivity contribution in [1.29, 1.82) is 0 Å². The number of nitrogens with one attached hydrogen (secondary N) is 2. The van der Waals surface area contributed by atoms with Crippen molar-refractivity contribution >= 4 is 23.9 Å². The van der Waals surface area contributed by atoms with Gasteiger partial charge in [-0.15, -0.1) is 0 Å². The fourth-order valence-corrected chi connectivity index (χ4v) is 5.77. The van der Waals surface area contributed by atoms with Crippen molar-refractivity contribution in [3.8, 4) is 0 Å². The lowest BCUT2D eigenvalue weighted by atomic mass is 9.85. The third-order valence-electron chi connectivity index (χ3n) is 8.04. The van der Waals surface area contributed by atoms with Crippen LogP contribution in [0.2, 0.25) is 0 Å². The molecule has 3 aliphatic carbocycles. The molecule has 4 rings (SSSR count). The molecule has 1 heterocycles. The highest BCUT2D eigenvalue weighted by Crippen LogP contribution is 2.52. The summed E-state index contributed by atoms with van der Waals surface area (Å²) in [6.45, 7) is 7.21. The van der Waals surface area contributed by atoms with Crippen molar-refractivity contribution in [3.63, 3.8) is 0 Å². The Bertz CT molecular complexity index is 861. The number of hydrogen-bond donors (Lipinski definition) is 4. The van der Waals surface area contributed by atoms with Crippen LogP contribution in [-0.4, -0.2) is 75.4 Å². The zero-order valence-electron chi connectivity index (χ0n) is 20.4. The smallest absolute Gasteiger partial charge is 0.408 e. The lowest BCUT2D eigenvalue weighted by molar-refractivity contribution is -0.146. The Balaban J connectivity index is 1.44. The van der Waals surface area contributed by atoms with E-state index in [-0.39, 0.29) is 25.0 Å². The number of carboxylic acids is 1. The van der Waals surface area contributed by atoms with Crippen LogP contribution in [0.1, 0.15) is 66.2 Å². The Kier molecular flexibility index (Phi) is 6.33. The number of aliphatic hydroxyl groups is 1. The minimum atomic E-state index is -1.32. The molecule has 10 nitrogen and oxygen atoms in total. The van der Waals surface area contributed by atoms with Crippen LogP contribution < -0.4 is 10.6 Å². The number of hydrogen-bond acceptors (Lipinski definition) is 6. The third kappa shape index (κ3) is 4.74. The second-order valence-electron chi connectivity index (χ2n) is 11.7. The first-order valence-corrected chi connectivity index (χ1v) is 12.4. The zero-order chi connectivity index (χ0) is 25.0. The number of carbonyl (C=O) groups is 4. The summed E-state index contributed by atoms with van der Waals surface area (Å²) in [6.07, 6.45) is 2.17. The highest BCUT2D eigenvalue weighted by molar-refractivity contribution is 5.96. The van der Waals surface area contributed by atoms with Gasteiger partial charge in [-0.1, -0.05) is 34.1 Å². The molecule has 34 heavy (non-hydrogen) atoms. The van der Waals surface area contributed by atoms with E-state index < -0.39 is 53.0 Å². The van der Waals surface area contributed by atoms with E-state index in [1.807, 2.05) is 6.92 Å². The van der Waals surface area contributed by atoms with Gasteiger partial charge >= 0.3 is 12.1 Å². The summed E-state index contributed by atoms with van der Waals surface area (Å²) in [7, 11) is 0. The Morgan fingerprint density at radius 3 is 2.29 bits per heavy atom. The van der Waals surface area contributed by atoms with Gasteiger partial charge in [0, 0.05) is 13.0 Å². The number of fused-ring (bicyclic) bond motifs is 1. The number of amides is 3. The Morgan fingerprint density at radius 1 is 1.12 bits per heavy atom. The van der Waals surface area contributed by atoms with Gasteiger partial charge in [-0.05, 0) is 48.9 Å². The largest absolute Gasteiger partial charge is 0.479 e. The molecule has 0 aromatic rings. The lowest BCUT2D eigenvalue weighted by Crippen LogP contribution is -2.59. The number of carbonyl (C=O) groups excluding carboxylic acids is 3. The maximum Gasteiger partial charge on any atom is 0.408 e. The van der Waals surface area contributed by atoms with E-state index in [0.29, 0.717) is 24.7 Å². The van der Waals surface area contributed by atoms with Gasteiger partial charge in [0.05, 0.1) is 6.10 Å². The molecule has 3 saturated carbocycles. The fourth-order valence-electron chi connectivity index (χ4n) is 5.77. The molecular formula is C24H37N3O7. The highest BCUT2D eigenvalue weighted by atomic mass is 16.6. The van der Waals surface area contributed by atoms with Gasteiger partial charge in [0.1, 0.15) is 23.7 Å². The van der Waals surface area contributed by atoms with Gasteiger partial charge in [0.15, 0.2) is 0 Å². The minimum Gasteiger partial charge on any atom is -0.479 e. The van der Waals surface area contributed by atoms with E-state index in [0.717, 1.165) is 12.8 Å². The van der Waals surface area contributed by atoms with E-state index in [4.69, 9.17) is 4.74 Å². The fraction of sp³-hybridized carbons (Fsp3) is 0.833. The Hall–Kier alpha value is -2.36. The summed E-state index contributed by atoms with van der Waals surface area (Å²) in [5.74, 6) is -1.05. The van der Waals surface area contributed by atoms with Crippen LogP contribution in [0, 0.1) is 23.2 Å². The predicted molar refractivity (Wildman–Crippen MR) is 121 cm³/mol. The molecule has 2 unspecified atom stereocenters. The molecule has 4 fully saturated rings. The van der Waals surface area contributed by atoms with E-state index in [9.17, 15) is 29.4 Å². The topological polar surface area (TPSA) is 145 Å². The molecule has 1 aliphatic heterocycles. The average Bonchev–Trinajstić information content (AvgIpc) is 3.56. The molecule has 4 N–H and O–H groups in total. The molecule has 10 heteroatoms. The lowest BCUT2D eigenvalue weighted by Gasteiger charge is -2.35. The molecule has 3 amide bonds. The average molecular weight is 480 g/mol. The normalized spacial score (nSPS) is 36.9. The number of β-amino-alcohol motifs (C(OH)–C–C–N with tert-alkyl or cyclic N) is 1. The number of aliphatic carboxylic acids is 1. The first-order valence-electron chi connectivity index (χ1n) is 12.4. The molecule has 0 aromatic heterocycles. The van der Waals surface area contributed by atoms with Crippen LogP contribution in [0.25, 0.3) is 0 Å². The molecule has 4 aliphatic rings. The number of likely N-dealkylation sites (tertiary alicyclic amines) is 1. The molecule has 1 saturated heterocycles. The van der Waals surface area contributed by atoms with Crippen LogP contribution in [0.15, 0.2) is 0 Å². The summed E-state index contributed by atoms with van der Waals surface area (Å²) < 4.78 is 5.56. The number of carboxylic acid groups (broad SMARTS) is 1. The van der Waals surface area contributed by atoms with Crippen molar-refractivity contribution in [2.45, 2.75) is 96.1 Å². The maximum atomic E-state index is 13.6. The molecule has 8 atom stereocenters. The van der Waals surface area contributed by atoms with Crippen molar-refractivity contribution in [3.05, 3.63) is 0 Å². The van der Waals surface area contributed by atoms with Crippen molar-refractivity contribution < 1.29 is 34.1 Å². The van der Waals surface area contributed by atoms with E-state index in [2.05, 4.69) is 10.6 Å². The molecular weight excluding hydrogens is 442 g/mol. The second kappa shape index (κ2) is 8.70. The van der Waals surface area contributed by atoms with E-state index in [1.54, 1.807) is 20.8 Å². The summed E-state index contributed by atoms with van der Waals surface area (Å²) in [4.78, 5) is 52.3. The maximum absolute atomic E-state index is 13.6. The summed E-state index contributed by atoms with van der Waals surface area (Å²) in [6, 6.07) is -1.99. The highest BCUT2D eigenvalue weighted by Gasteiger charge is 2.61. The number of alkyl carbamates (subject to hydrolysis) is 1. The van der Waals surface area contributed by atoms with Crippen LogP contribution in [0.4, 0.5) is 4.79 Å². The van der Waals surface area contributed by atoms with Gasteiger partial charge in [0.2, 0.25) is 11.8 Å². The number of rotatable bonds is 7. The second-order valence-corrected chi connectivity index (χ2v) is 11.7. The van der Waals surface area contributed by atoms with Crippen molar-refractivity contribution in [1.82, 2.24) is 15.5 Å². The van der Waals surface area contributed by atoms with Crippen molar-refractivity contribution in [2.24, 2.45) is 23.2 Å². The summed E-state index contributed by atoms with van der Waals surface area (Å²) >= 11 is 0. The SMILES string of the molecule is CC[C@@H]1C[C@]1(NC(=O)[C@@H]1C[C@@H](O)CN1C(=O)[C@@H](NC(=O)OC1CC2C[C@@H]2C1)C(C)(C)C)C(=O)O. The third-order valence-corrected chi connectivity index (χ3v) is 8.04. The van der Waals surface area contributed by atoms with Gasteiger partial charge in [-0.25, -0.2) is 9.59 Å². The van der Waals surface area contributed by atoms with Crippen LogP contribution in [0.3, 0.4) is 0 Å². The van der Waals surface area contributed by atoms with Crippen LogP contribution in [0.5, 0.6) is 0 Å². The quantitative estimate of drug-likeness (QED) is 0.430. The first-order chi connectivity index (χ1) is 15.9. The minimum absolute atomic E-state index is 0.0101. The van der Waals surface area contributed by atoms with E-state index in [1.165, 1.54) is 11.3 Å². The first kappa shape index (κ1) is 24.8. The molecule has 0 aromatic carbocycles. The zero-order valence-corrected chi connectivity index (χ0v) is 20.4. The standard InChI is InChI=1S/C24H37N3O7/c1-5-14-10-24(14,21(31)32)26-19(29)17-9-15(28)11-27(17)20(30)18(23(2,3)4)25-22(33)34-16-7-12-6-13(12)8-16/h12-18,28H,5-11H2,1-4H3,(H,25,33)(H,26,29)(H,31,32)/t12-,13?,14-,15-,16?,17+,18-,24-/m1/s1. The van der Waals surface area contributed by atoms with Gasteiger partial charge in [-0.2, -0.15) is 0 Å². The molecule has 0 bridgehead atoms. The molecule has 190 valence electrons. The van der Waals surface area contributed by atoms with Crippen LogP contribution in [-0.2, 0) is 19.1 Å². The van der Waals surface area contributed by atoms with Gasteiger partial charge < -0.3 is 30.5 Å². The van der Waals surface area contributed by atoms with Crippen molar-refractivity contribution in [2.75, 3.05) is 6.54 Å². The molecule has 0 spiro atoms.